The minimum atomic E-state index is -0.315. The van der Waals surface area contributed by atoms with Gasteiger partial charge in [-0.25, -0.2) is 0 Å². The molecule has 4 rings (SSSR count). The third-order valence-electron chi connectivity index (χ3n) is 5.05. The molecule has 1 unspecified atom stereocenters. The first-order chi connectivity index (χ1) is 14.0. The largest absolute Gasteiger partial charge is 0.487 e. The molecular weight excluding hydrogens is 378 g/mol. The second kappa shape index (κ2) is 8.34. The van der Waals surface area contributed by atoms with E-state index in [1.54, 1.807) is 11.8 Å². The number of rotatable bonds is 5. The Kier molecular flexibility index (Phi) is 5.63. The van der Waals surface area contributed by atoms with Gasteiger partial charge in [0.1, 0.15) is 11.4 Å². The third-order valence-corrected chi connectivity index (χ3v) is 6.13. The average molecular weight is 404 g/mol. The summed E-state index contributed by atoms with van der Waals surface area (Å²) in [5.41, 5.74) is 2.61. The van der Waals surface area contributed by atoms with E-state index in [-0.39, 0.29) is 17.6 Å². The Labute approximate surface area is 176 Å². The van der Waals surface area contributed by atoms with E-state index in [2.05, 4.69) is 31.3 Å². The SMILES string of the molecule is CC1(C)CC(NC(=O)c2ccc(CSc3ccccc3)cc2)c2ccccc2O1. The summed E-state index contributed by atoms with van der Waals surface area (Å²) in [4.78, 5) is 14.1. The van der Waals surface area contributed by atoms with Crippen molar-refractivity contribution in [2.24, 2.45) is 0 Å². The highest BCUT2D eigenvalue weighted by atomic mass is 32.2. The number of carbonyl (C=O) groups excluding carboxylic acids is 1. The van der Waals surface area contributed by atoms with Crippen LogP contribution in [0.25, 0.3) is 0 Å². The van der Waals surface area contributed by atoms with Crippen molar-refractivity contribution in [3.05, 3.63) is 95.6 Å². The summed E-state index contributed by atoms with van der Waals surface area (Å²) in [5, 5.41) is 3.20. The number of benzene rings is 3. The van der Waals surface area contributed by atoms with Crippen molar-refractivity contribution in [1.82, 2.24) is 5.32 Å². The summed E-state index contributed by atoms with van der Waals surface area (Å²) < 4.78 is 6.06. The van der Waals surface area contributed by atoms with Crippen molar-refractivity contribution >= 4 is 17.7 Å². The molecule has 0 spiro atoms. The van der Waals surface area contributed by atoms with Gasteiger partial charge in [-0.05, 0) is 49.7 Å². The van der Waals surface area contributed by atoms with Crippen LogP contribution in [0.15, 0.2) is 83.8 Å². The van der Waals surface area contributed by atoms with E-state index >= 15 is 0 Å². The Morgan fingerprint density at radius 1 is 1.00 bits per heavy atom. The first kappa shape index (κ1) is 19.6. The van der Waals surface area contributed by atoms with Gasteiger partial charge in [-0.2, -0.15) is 0 Å². The molecule has 1 N–H and O–H groups in total. The molecule has 3 aromatic rings. The molecule has 1 atom stereocenters. The van der Waals surface area contributed by atoms with Gasteiger partial charge in [0, 0.05) is 28.2 Å². The van der Waals surface area contributed by atoms with Crippen LogP contribution >= 0.6 is 11.8 Å². The van der Waals surface area contributed by atoms with Gasteiger partial charge >= 0.3 is 0 Å². The fraction of sp³-hybridized carbons (Fsp3) is 0.240. The Hall–Kier alpha value is -2.72. The normalized spacial score (nSPS) is 17.1. The molecule has 4 heteroatoms. The van der Waals surface area contributed by atoms with Crippen LogP contribution in [-0.4, -0.2) is 11.5 Å². The average Bonchev–Trinajstić information content (AvgIpc) is 2.72. The van der Waals surface area contributed by atoms with Gasteiger partial charge < -0.3 is 10.1 Å². The van der Waals surface area contributed by atoms with Crippen molar-refractivity contribution in [1.29, 1.82) is 0 Å². The molecule has 3 aromatic carbocycles. The quantitative estimate of drug-likeness (QED) is 0.530. The molecule has 0 aromatic heterocycles. The van der Waals surface area contributed by atoms with Gasteiger partial charge in [0.2, 0.25) is 0 Å². The highest BCUT2D eigenvalue weighted by molar-refractivity contribution is 7.98. The smallest absolute Gasteiger partial charge is 0.251 e. The summed E-state index contributed by atoms with van der Waals surface area (Å²) in [7, 11) is 0. The first-order valence-corrected chi connectivity index (χ1v) is 10.8. The van der Waals surface area contributed by atoms with Crippen LogP contribution in [0.4, 0.5) is 0 Å². The van der Waals surface area contributed by atoms with Crippen molar-refractivity contribution in [2.75, 3.05) is 0 Å². The highest BCUT2D eigenvalue weighted by Crippen LogP contribution is 2.39. The van der Waals surface area contributed by atoms with Gasteiger partial charge in [0.25, 0.3) is 5.91 Å². The maximum atomic E-state index is 12.9. The molecule has 1 heterocycles. The maximum Gasteiger partial charge on any atom is 0.251 e. The molecule has 0 aliphatic carbocycles. The lowest BCUT2D eigenvalue weighted by Crippen LogP contribution is -2.41. The Morgan fingerprint density at radius 3 is 2.45 bits per heavy atom. The molecule has 0 bridgehead atoms. The fourth-order valence-electron chi connectivity index (χ4n) is 3.61. The minimum absolute atomic E-state index is 0.0511. The topological polar surface area (TPSA) is 38.3 Å². The van der Waals surface area contributed by atoms with Gasteiger partial charge in [-0.15, -0.1) is 11.8 Å². The maximum absolute atomic E-state index is 12.9. The predicted molar refractivity (Wildman–Crippen MR) is 118 cm³/mol. The number of thioether (sulfide) groups is 1. The number of amides is 1. The monoisotopic (exact) mass is 403 g/mol. The number of para-hydroxylation sites is 1. The highest BCUT2D eigenvalue weighted by Gasteiger charge is 2.34. The number of nitrogens with one attached hydrogen (secondary N) is 1. The number of hydrogen-bond acceptors (Lipinski definition) is 3. The third kappa shape index (κ3) is 4.83. The van der Waals surface area contributed by atoms with E-state index < -0.39 is 0 Å². The number of fused-ring (bicyclic) bond motifs is 1. The van der Waals surface area contributed by atoms with E-state index in [0.717, 1.165) is 23.5 Å². The van der Waals surface area contributed by atoms with Crippen LogP contribution in [0.5, 0.6) is 5.75 Å². The van der Waals surface area contributed by atoms with Gasteiger partial charge in [0.15, 0.2) is 0 Å². The minimum Gasteiger partial charge on any atom is -0.487 e. The molecule has 0 radical (unpaired) electrons. The molecule has 0 saturated carbocycles. The zero-order chi connectivity index (χ0) is 20.3. The van der Waals surface area contributed by atoms with Crippen LogP contribution in [0.3, 0.4) is 0 Å². The summed E-state index contributed by atoms with van der Waals surface area (Å²) in [6.45, 7) is 4.11. The Bertz CT molecular complexity index is 983. The molecule has 1 aliphatic rings. The molecule has 0 fully saturated rings. The van der Waals surface area contributed by atoms with Crippen LogP contribution < -0.4 is 10.1 Å². The molecule has 148 valence electrons. The van der Waals surface area contributed by atoms with Crippen LogP contribution in [0, 0.1) is 0 Å². The van der Waals surface area contributed by atoms with E-state index in [9.17, 15) is 4.79 Å². The lowest BCUT2D eigenvalue weighted by Gasteiger charge is -2.37. The number of carbonyl (C=O) groups is 1. The number of ether oxygens (including phenoxy) is 1. The molecule has 1 aliphatic heterocycles. The van der Waals surface area contributed by atoms with E-state index in [0.29, 0.717) is 5.56 Å². The lowest BCUT2D eigenvalue weighted by atomic mass is 9.89. The van der Waals surface area contributed by atoms with Crippen LogP contribution in [-0.2, 0) is 5.75 Å². The fourth-order valence-corrected chi connectivity index (χ4v) is 4.48. The zero-order valence-corrected chi connectivity index (χ0v) is 17.5. The second-order valence-corrected chi connectivity index (χ2v) is 8.98. The van der Waals surface area contributed by atoms with Crippen molar-refractivity contribution in [3.8, 4) is 5.75 Å². The van der Waals surface area contributed by atoms with E-state index in [1.165, 1.54) is 10.5 Å². The van der Waals surface area contributed by atoms with Crippen molar-refractivity contribution in [3.63, 3.8) is 0 Å². The number of hydrogen-bond donors (Lipinski definition) is 1. The molecule has 1 amide bonds. The molecule has 29 heavy (non-hydrogen) atoms. The standard InChI is InChI=1S/C25H25NO2S/c1-25(2)16-22(21-10-6-7-11-23(21)28-25)26-24(27)19-14-12-18(13-15-19)17-29-20-8-4-3-5-9-20/h3-15,22H,16-17H2,1-2H3,(H,26,27). The van der Waals surface area contributed by atoms with E-state index in [1.807, 2.05) is 66.7 Å². The van der Waals surface area contributed by atoms with Crippen LogP contribution in [0.1, 0.15) is 47.8 Å². The Balaban J connectivity index is 1.42. The molecule has 0 saturated heterocycles. The van der Waals surface area contributed by atoms with Gasteiger partial charge in [-0.3, -0.25) is 4.79 Å². The second-order valence-electron chi connectivity index (χ2n) is 7.93. The summed E-state index contributed by atoms with van der Waals surface area (Å²) in [5.74, 6) is 1.68. The molecule has 3 nitrogen and oxygen atoms in total. The van der Waals surface area contributed by atoms with Crippen molar-refractivity contribution < 1.29 is 9.53 Å². The predicted octanol–water partition coefficient (Wildman–Crippen LogP) is 6.01. The van der Waals surface area contributed by atoms with E-state index in [4.69, 9.17) is 4.74 Å². The molecular formula is C25H25NO2S. The zero-order valence-electron chi connectivity index (χ0n) is 16.7. The first-order valence-electron chi connectivity index (χ1n) is 9.86. The summed E-state index contributed by atoms with van der Waals surface area (Å²) in [6.07, 6.45) is 0.738. The lowest BCUT2D eigenvalue weighted by molar-refractivity contribution is 0.0619. The van der Waals surface area contributed by atoms with Gasteiger partial charge in [-0.1, -0.05) is 48.5 Å². The Morgan fingerprint density at radius 2 is 1.69 bits per heavy atom. The van der Waals surface area contributed by atoms with Gasteiger partial charge in [0.05, 0.1) is 6.04 Å². The summed E-state index contributed by atoms with van der Waals surface area (Å²) >= 11 is 1.79. The summed E-state index contributed by atoms with van der Waals surface area (Å²) in [6, 6.07) is 26.1. The van der Waals surface area contributed by atoms with Crippen molar-refractivity contribution in [2.45, 2.75) is 42.6 Å². The van der Waals surface area contributed by atoms with Crippen LogP contribution in [0.2, 0.25) is 0 Å².